The van der Waals surface area contributed by atoms with Crippen LogP contribution in [0.2, 0.25) is 0 Å². The molecule has 2 rings (SSSR count). The molecule has 0 fully saturated rings. The third-order valence-electron chi connectivity index (χ3n) is 4.24. The summed E-state index contributed by atoms with van der Waals surface area (Å²) in [4.78, 5) is 17.0. The smallest absolute Gasteiger partial charge is 0.252 e. The minimum atomic E-state index is -0.860. The van der Waals surface area contributed by atoms with Crippen molar-refractivity contribution in [3.05, 3.63) is 23.0 Å². The van der Waals surface area contributed by atoms with Gasteiger partial charge in [-0.15, -0.1) is 0 Å². The zero-order chi connectivity index (χ0) is 16.5. The SMILES string of the molecule is CCC(O)(CC)CNC(=O)c1cc(C)nc2c1c(C)nn2C. The van der Waals surface area contributed by atoms with Crippen LogP contribution in [0, 0.1) is 13.8 Å². The minimum absolute atomic E-state index is 0.202. The lowest BCUT2D eigenvalue weighted by Gasteiger charge is -2.25. The van der Waals surface area contributed by atoms with Gasteiger partial charge in [-0.05, 0) is 32.8 Å². The van der Waals surface area contributed by atoms with Gasteiger partial charge >= 0.3 is 0 Å². The summed E-state index contributed by atoms with van der Waals surface area (Å²) in [5, 5.41) is 18.3. The topological polar surface area (TPSA) is 80.0 Å². The number of aliphatic hydroxyl groups is 1. The standard InChI is InChI=1S/C16H24N4O2/c1-6-16(22,7-2)9-17-15(21)12-8-10(3)18-14-13(12)11(4)19-20(14)5/h8,22H,6-7,9H2,1-5H3,(H,17,21). The van der Waals surface area contributed by atoms with Gasteiger partial charge in [-0.25, -0.2) is 4.98 Å². The molecular formula is C16H24N4O2. The lowest BCUT2D eigenvalue weighted by Crippen LogP contribution is -2.42. The Morgan fingerprint density at radius 2 is 2.00 bits per heavy atom. The van der Waals surface area contributed by atoms with E-state index in [1.54, 1.807) is 10.7 Å². The summed E-state index contributed by atoms with van der Waals surface area (Å²) in [6.07, 6.45) is 1.20. The van der Waals surface area contributed by atoms with Crippen LogP contribution in [0.4, 0.5) is 0 Å². The fraction of sp³-hybridized carbons (Fsp3) is 0.562. The lowest BCUT2D eigenvalue weighted by atomic mass is 9.97. The first-order chi connectivity index (χ1) is 10.3. The van der Waals surface area contributed by atoms with E-state index < -0.39 is 5.60 Å². The van der Waals surface area contributed by atoms with E-state index >= 15 is 0 Å². The highest BCUT2D eigenvalue weighted by atomic mass is 16.3. The normalized spacial score (nSPS) is 11.9. The molecule has 0 aliphatic heterocycles. The van der Waals surface area contributed by atoms with E-state index in [2.05, 4.69) is 15.4 Å². The Hall–Kier alpha value is -1.95. The molecule has 0 saturated carbocycles. The minimum Gasteiger partial charge on any atom is -0.388 e. The molecule has 22 heavy (non-hydrogen) atoms. The molecule has 0 atom stereocenters. The fourth-order valence-electron chi connectivity index (χ4n) is 2.59. The van der Waals surface area contributed by atoms with Crippen LogP contribution in [0.5, 0.6) is 0 Å². The van der Waals surface area contributed by atoms with Crippen LogP contribution in [0.1, 0.15) is 48.4 Å². The first-order valence-corrected chi connectivity index (χ1v) is 7.63. The number of hydrogen-bond donors (Lipinski definition) is 2. The molecule has 0 spiro atoms. The Labute approximate surface area is 130 Å². The van der Waals surface area contributed by atoms with Gasteiger partial charge in [-0.3, -0.25) is 9.48 Å². The lowest BCUT2D eigenvalue weighted by molar-refractivity contribution is 0.0314. The van der Waals surface area contributed by atoms with Gasteiger partial charge in [0.2, 0.25) is 0 Å². The average molecular weight is 304 g/mol. The molecule has 2 N–H and O–H groups in total. The maximum atomic E-state index is 12.6. The number of carbonyl (C=O) groups excluding carboxylic acids is 1. The average Bonchev–Trinajstić information content (AvgIpc) is 2.78. The third kappa shape index (κ3) is 2.97. The van der Waals surface area contributed by atoms with E-state index in [0.29, 0.717) is 24.1 Å². The highest BCUT2D eigenvalue weighted by molar-refractivity contribution is 6.06. The molecule has 0 radical (unpaired) electrons. The fourth-order valence-corrected chi connectivity index (χ4v) is 2.59. The maximum Gasteiger partial charge on any atom is 0.252 e. The summed E-state index contributed by atoms with van der Waals surface area (Å²) in [6, 6.07) is 1.77. The van der Waals surface area contributed by atoms with Crippen LogP contribution in [0.25, 0.3) is 11.0 Å². The van der Waals surface area contributed by atoms with Gasteiger partial charge in [0, 0.05) is 19.3 Å². The summed E-state index contributed by atoms with van der Waals surface area (Å²) >= 11 is 0. The highest BCUT2D eigenvalue weighted by Crippen LogP contribution is 2.22. The van der Waals surface area contributed by atoms with E-state index in [-0.39, 0.29) is 12.5 Å². The Kier molecular flexibility index (Phi) is 4.51. The van der Waals surface area contributed by atoms with Gasteiger partial charge < -0.3 is 10.4 Å². The van der Waals surface area contributed by atoms with Gasteiger partial charge in [0.05, 0.1) is 22.2 Å². The molecule has 6 heteroatoms. The molecule has 0 unspecified atom stereocenters. The van der Waals surface area contributed by atoms with Gasteiger partial charge in [0.1, 0.15) is 0 Å². The van der Waals surface area contributed by atoms with Crippen LogP contribution < -0.4 is 5.32 Å². The Bertz CT molecular complexity index is 702. The molecule has 0 saturated heterocycles. The number of nitrogens with one attached hydrogen (secondary N) is 1. The number of amides is 1. The van der Waals surface area contributed by atoms with Crippen LogP contribution in [-0.2, 0) is 7.05 Å². The molecule has 0 bridgehead atoms. The number of aryl methyl sites for hydroxylation is 3. The highest BCUT2D eigenvalue weighted by Gasteiger charge is 2.24. The van der Waals surface area contributed by atoms with Crippen molar-refractivity contribution in [3.8, 4) is 0 Å². The molecule has 2 heterocycles. The number of rotatable bonds is 5. The Balaban J connectivity index is 2.36. The van der Waals surface area contributed by atoms with Gasteiger partial charge in [0.15, 0.2) is 5.65 Å². The third-order valence-corrected chi connectivity index (χ3v) is 4.24. The monoisotopic (exact) mass is 304 g/mol. The van der Waals surface area contributed by atoms with E-state index in [0.717, 1.165) is 16.8 Å². The van der Waals surface area contributed by atoms with Gasteiger partial charge in [-0.1, -0.05) is 13.8 Å². The van der Waals surface area contributed by atoms with Gasteiger partial charge in [-0.2, -0.15) is 5.10 Å². The zero-order valence-corrected chi connectivity index (χ0v) is 13.9. The largest absolute Gasteiger partial charge is 0.388 e. The van der Waals surface area contributed by atoms with Crippen molar-refractivity contribution in [1.82, 2.24) is 20.1 Å². The van der Waals surface area contributed by atoms with E-state index in [9.17, 15) is 9.90 Å². The number of pyridine rings is 1. The molecule has 0 aliphatic carbocycles. The van der Waals surface area contributed by atoms with Crippen molar-refractivity contribution in [2.24, 2.45) is 7.05 Å². The first kappa shape index (κ1) is 16.4. The summed E-state index contributed by atoms with van der Waals surface area (Å²) in [7, 11) is 1.82. The van der Waals surface area contributed by atoms with Crippen LogP contribution in [0.3, 0.4) is 0 Å². The van der Waals surface area contributed by atoms with Crippen molar-refractivity contribution in [1.29, 1.82) is 0 Å². The Morgan fingerprint density at radius 1 is 1.36 bits per heavy atom. The molecule has 2 aromatic rings. The zero-order valence-electron chi connectivity index (χ0n) is 13.9. The van der Waals surface area contributed by atoms with Crippen LogP contribution >= 0.6 is 0 Å². The quantitative estimate of drug-likeness (QED) is 0.883. The molecular weight excluding hydrogens is 280 g/mol. The van der Waals surface area contributed by atoms with Crippen molar-refractivity contribution < 1.29 is 9.90 Å². The summed E-state index contributed by atoms with van der Waals surface area (Å²) in [6.45, 7) is 7.78. The molecule has 2 aromatic heterocycles. The van der Waals surface area contributed by atoms with E-state index in [1.807, 2.05) is 34.7 Å². The maximum absolute atomic E-state index is 12.6. The van der Waals surface area contributed by atoms with E-state index in [1.165, 1.54) is 0 Å². The van der Waals surface area contributed by atoms with Crippen molar-refractivity contribution in [2.45, 2.75) is 46.1 Å². The van der Waals surface area contributed by atoms with Gasteiger partial charge in [0.25, 0.3) is 5.91 Å². The molecule has 6 nitrogen and oxygen atoms in total. The predicted molar refractivity (Wildman–Crippen MR) is 85.8 cm³/mol. The second-order valence-corrected chi connectivity index (χ2v) is 5.83. The van der Waals surface area contributed by atoms with Crippen LogP contribution in [0.15, 0.2) is 6.07 Å². The van der Waals surface area contributed by atoms with Crippen molar-refractivity contribution in [2.75, 3.05) is 6.54 Å². The second kappa shape index (κ2) is 6.04. The van der Waals surface area contributed by atoms with Crippen molar-refractivity contribution in [3.63, 3.8) is 0 Å². The number of hydrogen-bond acceptors (Lipinski definition) is 4. The number of carbonyl (C=O) groups is 1. The second-order valence-electron chi connectivity index (χ2n) is 5.83. The molecule has 1 amide bonds. The summed E-state index contributed by atoms with van der Waals surface area (Å²) < 4.78 is 1.68. The summed E-state index contributed by atoms with van der Waals surface area (Å²) in [5.74, 6) is -0.202. The molecule has 0 aromatic carbocycles. The summed E-state index contributed by atoms with van der Waals surface area (Å²) in [5.41, 5.74) is 1.94. The van der Waals surface area contributed by atoms with E-state index in [4.69, 9.17) is 0 Å². The Morgan fingerprint density at radius 3 is 2.59 bits per heavy atom. The van der Waals surface area contributed by atoms with Crippen molar-refractivity contribution >= 4 is 16.9 Å². The van der Waals surface area contributed by atoms with Crippen LogP contribution in [-0.4, -0.2) is 37.9 Å². The molecule has 0 aliphatic rings. The molecule has 120 valence electrons. The predicted octanol–water partition coefficient (Wildman–Crippen LogP) is 1.87. The number of aromatic nitrogens is 3. The number of nitrogens with zero attached hydrogens (tertiary/aromatic N) is 3. The first-order valence-electron chi connectivity index (χ1n) is 7.63. The number of fused-ring (bicyclic) bond motifs is 1.